The first-order chi connectivity index (χ1) is 13.1. The molecule has 2 heterocycles. The summed E-state index contributed by atoms with van der Waals surface area (Å²) in [4.78, 5) is 9.34. The van der Waals surface area contributed by atoms with Gasteiger partial charge in [-0.3, -0.25) is 4.90 Å². The quantitative estimate of drug-likeness (QED) is 0.685. The molecule has 4 nitrogen and oxygen atoms in total. The number of anilines is 1. The summed E-state index contributed by atoms with van der Waals surface area (Å²) >= 11 is 0. The molecule has 2 aromatic carbocycles. The molecule has 1 aromatic heterocycles. The van der Waals surface area contributed by atoms with Crippen LogP contribution in [0.3, 0.4) is 0 Å². The maximum absolute atomic E-state index is 13.4. The highest BCUT2D eigenvalue weighted by molar-refractivity contribution is 5.53. The molecule has 0 aliphatic carbocycles. The third-order valence-electron chi connectivity index (χ3n) is 5.24. The molecule has 0 atom stereocenters. The number of nitrogens with zero attached hydrogens (tertiary/aromatic N) is 3. The van der Waals surface area contributed by atoms with E-state index in [0.717, 1.165) is 38.4 Å². The molecule has 0 N–H and O–H groups in total. The minimum atomic E-state index is -0.283. The summed E-state index contributed by atoms with van der Waals surface area (Å²) in [5, 5.41) is 0. The van der Waals surface area contributed by atoms with E-state index in [1.54, 1.807) is 18.4 Å². The molecule has 1 aliphatic heterocycles. The van der Waals surface area contributed by atoms with Crippen LogP contribution in [0, 0.1) is 19.7 Å². The summed E-state index contributed by atoms with van der Waals surface area (Å²) in [7, 11) is 0. The fourth-order valence-corrected chi connectivity index (χ4v) is 3.45. The highest BCUT2D eigenvalue weighted by atomic mass is 19.1. The van der Waals surface area contributed by atoms with Gasteiger partial charge >= 0.3 is 0 Å². The van der Waals surface area contributed by atoms with Crippen LogP contribution in [0.4, 0.5) is 10.1 Å². The van der Waals surface area contributed by atoms with E-state index >= 15 is 0 Å². The number of rotatable bonds is 4. The number of oxazole rings is 1. The number of aromatic nitrogens is 1. The lowest BCUT2D eigenvalue weighted by Gasteiger charge is -2.36. The molecule has 1 saturated heterocycles. The highest BCUT2D eigenvalue weighted by Gasteiger charge is 2.19. The lowest BCUT2D eigenvalue weighted by atomic mass is 10.1. The summed E-state index contributed by atoms with van der Waals surface area (Å²) in [5.74, 6) is 0.188. The van der Waals surface area contributed by atoms with Gasteiger partial charge in [-0.05, 0) is 55.3 Å². The summed E-state index contributed by atoms with van der Waals surface area (Å²) in [6.45, 7) is 9.01. The zero-order valence-electron chi connectivity index (χ0n) is 15.8. The van der Waals surface area contributed by atoms with Crippen LogP contribution in [0.1, 0.15) is 16.8 Å². The zero-order valence-corrected chi connectivity index (χ0v) is 15.8. The second kappa shape index (κ2) is 7.53. The molecule has 0 radical (unpaired) electrons. The average Bonchev–Trinajstić information content (AvgIpc) is 3.13. The molecule has 27 heavy (non-hydrogen) atoms. The summed E-state index contributed by atoms with van der Waals surface area (Å²) < 4.78 is 18.9. The number of piperazine rings is 1. The standard InChI is InChI=1S/C22H24FN3O/c1-16-6-7-21(12-17(16)2)26-10-8-25(9-11-26)14-20-15-27-22(24-20)18-4-3-5-19(23)13-18/h3-7,12-13,15H,8-11,14H2,1-2H3. The van der Waals surface area contributed by atoms with Crippen molar-refractivity contribution in [3.63, 3.8) is 0 Å². The number of hydrogen-bond donors (Lipinski definition) is 0. The van der Waals surface area contributed by atoms with Crippen molar-refractivity contribution in [1.82, 2.24) is 9.88 Å². The van der Waals surface area contributed by atoms with Crippen LogP contribution in [-0.4, -0.2) is 36.1 Å². The summed E-state index contributed by atoms with van der Waals surface area (Å²) in [6.07, 6.45) is 1.68. The van der Waals surface area contributed by atoms with Gasteiger partial charge in [0.15, 0.2) is 0 Å². The van der Waals surface area contributed by atoms with Crippen LogP contribution in [-0.2, 0) is 6.54 Å². The SMILES string of the molecule is Cc1ccc(N2CCN(Cc3coc(-c4cccc(F)c4)n3)CC2)cc1C. The Labute approximate surface area is 159 Å². The van der Waals surface area contributed by atoms with Crippen molar-refractivity contribution < 1.29 is 8.81 Å². The highest BCUT2D eigenvalue weighted by Crippen LogP contribution is 2.22. The molecule has 5 heteroatoms. The lowest BCUT2D eigenvalue weighted by molar-refractivity contribution is 0.247. The van der Waals surface area contributed by atoms with E-state index in [4.69, 9.17) is 4.42 Å². The summed E-state index contributed by atoms with van der Waals surface area (Å²) in [5.41, 5.74) is 5.52. The number of benzene rings is 2. The first kappa shape index (κ1) is 17.7. The largest absolute Gasteiger partial charge is 0.444 e. The van der Waals surface area contributed by atoms with Gasteiger partial charge in [-0.25, -0.2) is 9.37 Å². The second-order valence-electron chi connectivity index (χ2n) is 7.19. The van der Waals surface area contributed by atoms with Gasteiger partial charge in [0.1, 0.15) is 12.1 Å². The van der Waals surface area contributed by atoms with Crippen molar-refractivity contribution in [3.8, 4) is 11.5 Å². The first-order valence-corrected chi connectivity index (χ1v) is 9.33. The van der Waals surface area contributed by atoms with E-state index in [1.807, 2.05) is 0 Å². The van der Waals surface area contributed by atoms with Crippen LogP contribution < -0.4 is 4.90 Å². The van der Waals surface area contributed by atoms with Crippen molar-refractivity contribution in [1.29, 1.82) is 0 Å². The van der Waals surface area contributed by atoms with E-state index in [1.165, 1.54) is 28.9 Å². The van der Waals surface area contributed by atoms with Crippen molar-refractivity contribution in [2.24, 2.45) is 0 Å². The van der Waals surface area contributed by atoms with E-state index in [2.05, 4.69) is 46.8 Å². The molecule has 0 saturated carbocycles. The van der Waals surface area contributed by atoms with Gasteiger partial charge in [0.05, 0.1) is 5.69 Å². The smallest absolute Gasteiger partial charge is 0.226 e. The molecule has 4 rings (SSSR count). The Bertz CT molecular complexity index is 929. The van der Waals surface area contributed by atoms with E-state index in [-0.39, 0.29) is 5.82 Å². The van der Waals surface area contributed by atoms with Crippen LogP contribution in [0.5, 0.6) is 0 Å². The third-order valence-corrected chi connectivity index (χ3v) is 5.24. The predicted octanol–water partition coefficient (Wildman–Crippen LogP) is 4.42. The molecule has 0 spiro atoms. The Morgan fingerprint density at radius 3 is 2.56 bits per heavy atom. The first-order valence-electron chi connectivity index (χ1n) is 9.33. The van der Waals surface area contributed by atoms with Crippen LogP contribution in [0.2, 0.25) is 0 Å². The molecular weight excluding hydrogens is 341 g/mol. The molecule has 0 bridgehead atoms. The third kappa shape index (κ3) is 4.03. The van der Waals surface area contributed by atoms with Crippen molar-refractivity contribution >= 4 is 5.69 Å². The minimum absolute atomic E-state index is 0.283. The van der Waals surface area contributed by atoms with Gasteiger partial charge in [0, 0.05) is 44.0 Å². The molecule has 140 valence electrons. The predicted molar refractivity (Wildman–Crippen MR) is 105 cm³/mol. The topological polar surface area (TPSA) is 32.5 Å². The Hall–Kier alpha value is -2.66. The van der Waals surface area contributed by atoms with Crippen LogP contribution in [0.25, 0.3) is 11.5 Å². The monoisotopic (exact) mass is 365 g/mol. The van der Waals surface area contributed by atoms with E-state index in [9.17, 15) is 4.39 Å². The maximum atomic E-state index is 13.4. The Morgan fingerprint density at radius 2 is 1.81 bits per heavy atom. The van der Waals surface area contributed by atoms with Crippen molar-refractivity contribution in [3.05, 3.63) is 71.4 Å². The summed E-state index contributed by atoms with van der Waals surface area (Å²) in [6, 6.07) is 13.0. The zero-order chi connectivity index (χ0) is 18.8. The molecule has 0 unspecified atom stereocenters. The van der Waals surface area contributed by atoms with E-state index in [0.29, 0.717) is 11.5 Å². The Morgan fingerprint density at radius 1 is 1.00 bits per heavy atom. The van der Waals surface area contributed by atoms with Gasteiger partial charge in [-0.15, -0.1) is 0 Å². The number of hydrogen-bond acceptors (Lipinski definition) is 4. The molecule has 3 aromatic rings. The van der Waals surface area contributed by atoms with Gasteiger partial charge in [0.2, 0.25) is 5.89 Å². The second-order valence-corrected chi connectivity index (χ2v) is 7.19. The van der Waals surface area contributed by atoms with Gasteiger partial charge in [0.25, 0.3) is 0 Å². The maximum Gasteiger partial charge on any atom is 0.226 e. The lowest BCUT2D eigenvalue weighted by Crippen LogP contribution is -2.46. The Balaban J connectivity index is 1.36. The fourth-order valence-electron chi connectivity index (χ4n) is 3.45. The van der Waals surface area contributed by atoms with Crippen molar-refractivity contribution in [2.75, 3.05) is 31.1 Å². The molecular formula is C22H24FN3O. The number of halogens is 1. The minimum Gasteiger partial charge on any atom is -0.444 e. The number of aryl methyl sites for hydroxylation is 2. The fraction of sp³-hybridized carbons (Fsp3) is 0.318. The molecule has 1 aliphatic rings. The van der Waals surface area contributed by atoms with Gasteiger partial charge < -0.3 is 9.32 Å². The Kier molecular flexibility index (Phi) is 4.94. The van der Waals surface area contributed by atoms with E-state index < -0.39 is 0 Å². The molecule has 1 fully saturated rings. The average molecular weight is 365 g/mol. The van der Waals surface area contributed by atoms with Gasteiger partial charge in [-0.1, -0.05) is 12.1 Å². The molecule has 0 amide bonds. The van der Waals surface area contributed by atoms with Crippen LogP contribution in [0.15, 0.2) is 53.1 Å². The normalized spacial score (nSPS) is 15.3. The van der Waals surface area contributed by atoms with Crippen molar-refractivity contribution in [2.45, 2.75) is 20.4 Å². The van der Waals surface area contributed by atoms with Gasteiger partial charge in [-0.2, -0.15) is 0 Å². The van der Waals surface area contributed by atoms with Crippen LogP contribution >= 0.6 is 0 Å².